The third kappa shape index (κ3) is 5.55. The van der Waals surface area contributed by atoms with E-state index >= 15 is 0 Å². The van der Waals surface area contributed by atoms with Crippen LogP contribution >= 0.6 is 50.8 Å². The average molecular weight is 475 g/mol. The van der Waals surface area contributed by atoms with Crippen LogP contribution in [-0.2, 0) is 17.1 Å². The van der Waals surface area contributed by atoms with Gasteiger partial charge >= 0.3 is 0 Å². The van der Waals surface area contributed by atoms with E-state index in [-0.39, 0.29) is 11.3 Å². The molecule has 0 saturated carbocycles. The molecular formula is C18H23BrN2O2S3. The van der Waals surface area contributed by atoms with Crippen molar-refractivity contribution in [2.24, 2.45) is 0 Å². The van der Waals surface area contributed by atoms with E-state index in [0.29, 0.717) is 6.42 Å². The summed E-state index contributed by atoms with van der Waals surface area (Å²) in [4.78, 5) is 17.8. The molecule has 1 aliphatic heterocycles. The molecule has 2 aromatic rings. The smallest absolute Gasteiger partial charge is 0.224 e. The Morgan fingerprint density at radius 2 is 2.12 bits per heavy atom. The Balaban J connectivity index is 1.50. The Kier molecular flexibility index (Phi) is 7.57. The van der Waals surface area contributed by atoms with Gasteiger partial charge in [-0.25, -0.2) is 0 Å². The van der Waals surface area contributed by atoms with Crippen LogP contribution in [0, 0.1) is 0 Å². The van der Waals surface area contributed by atoms with Crippen LogP contribution in [0.25, 0.3) is 0 Å². The molecule has 4 nitrogen and oxygen atoms in total. The first-order valence-electron chi connectivity index (χ1n) is 8.49. The van der Waals surface area contributed by atoms with Crippen LogP contribution < -0.4 is 0 Å². The van der Waals surface area contributed by atoms with Crippen LogP contribution in [-0.4, -0.2) is 47.9 Å². The summed E-state index contributed by atoms with van der Waals surface area (Å²) in [6.45, 7) is 1.60. The quantitative estimate of drug-likeness (QED) is 0.499. The molecule has 2 aromatic heterocycles. The molecule has 0 aliphatic carbocycles. The third-order valence-electron chi connectivity index (χ3n) is 3.94. The Hall–Kier alpha value is -0.410. The van der Waals surface area contributed by atoms with Gasteiger partial charge in [-0.15, -0.1) is 23.1 Å². The first-order valence-corrected chi connectivity index (χ1v) is 12.3. The lowest BCUT2D eigenvalue weighted by Crippen LogP contribution is -2.38. The Morgan fingerprint density at radius 3 is 2.85 bits per heavy atom. The van der Waals surface area contributed by atoms with Crippen molar-refractivity contribution < 1.29 is 9.21 Å². The number of thiophene rings is 1. The van der Waals surface area contributed by atoms with Gasteiger partial charge in [0, 0.05) is 29.3 Å². The van der Waals surface area contributed by atoms with Gasteiger partial charge in [-0.05, 0) is 54.3 Å². The third-order valence-corrected chi connectivity index (χ3v) is 7.99. The molecule has 0 spiro atoms. The topological polar surface area (TPSA) is 36.7 Å². The zero-order valence-electron chi connectivity index (χ0n) is 14.9. The molecule has 1 unspecified atom stereocenters. The van der Waals surface area contributed by atoms with E-state index in [2.05, 4.69) is 39.0 Å². The van der Waals surface area contributed by atoms with E-state index in [1.807, 2.05) is 48.6 Å². The zero-order chi connectivity index (χ0) is 18.5. The minimum absolute atomic E-state index is 0.156. The van der Waals surface area contributed by atoms with Gasteiger partial charge in [0.1, 0.15) is 16.9 Å². The van der Waals surface area contributed by atoms with Gasteiger partial charge in [0.15, 0.2) is 0 Å². The number of halogens is 1. The van der Waals surface area contributed by atoms with E-state index in [1.54, 1.807) is 11.3 Å². The van der Waals surface area contributed by atoms with Crippen molar-refractivity contribution in [2.75, 3.05) is 32.1 Å². The van der Waals surface area contributed by atoms with Crippen LogP contribution in [0.2, 0.25) is 0 Å². The molecule has 3 heterocycles. The van der Waals surface area contributed by atoms with Crippen molar-refractivity contribution in [3.05, 3.63) is 44.4 Å². The maximum Gasteiger partial charge on any atom is 0.224 e. The van der Waals surface area contributed by atoms with Crippen molar-refractivity contribution >= 4 is 56.7 Å². The maximum absolute atomic E-state index is 12.4. The van der Waals surface area contributed by atoms with Gasteiger partial charge in [0.05, 0.1) is 16.1 Å². The fraction of sp³-hybridized carbons (Fsp3) is 0.500. The van der Waals surface area contributed by atoms with E-state index in [9.17, 15) is 4.79 Å². The average Bonchev–Trinajstić information content (AvgIpc) is 3.21. The number of carbonyl (C=O) groups excluding carboxylic acids is 1. The molecule has 26 heavy (non-hydrogen) atoms. The second-order valence-electron chi connectivity index (χ2n) is 6.36. The Morgan fingerprint density at radius 1 is 1.31 bits per heavy atom. The monoisotopic (exact) mass is 474 g/mol. The van der Waals surface area contributed by atoms with Crippen LogP contribution in [0.5, 0.6) is 0 Å². The fourth-order valence-corrected chi connectivity index (χ4v) is 6.55. The summed E-state index contributed by atoms with van der Waals surface area (Å²) in [6, 6.07) is 8.29. The SMILES string of the molecule is CN(C)Cc1ccc(CSCCN2C(=O)CCSC2c2ccc(Br)s2)o1. The van der Waals surface area contributed by atoms with Crippen molar-refractivity contribution in [1.29, 1.82) is 0 Å². The Labute approximate surface area is 175 Å². The lowest BCUT2D eigenvalue weighted by atomic mass is 10.3. The number of furan rings is 1. The number of amides is 1. The molecule has 1 aliphatic rings. The molecule has 0 radical (unpaired) electrons. The zero-order valence-corrected chi connectivity index (χ0v) is 19.0. The summed E-state index contributed by atoms with van der Waals surface area (Å²) in [5.41, 5.74) is 0. The van der Waals surface area contributed by atoms with Crippen LogP contribution in [0.4, 0.5) is 0 Å². The summed E-state index contributed by atoms with van der Waals surface area (Å²) < 4.78 is 6.97. The van der Waals surface area contributed by atoms with Crippen molar-refractivity contribution in [1.82, 2.24) is 9.80 Å². The summed E-state index contributed by atoms with van der Waals surface area (Å²) in [5, 5.41) is 0.156. The van der Waals surface area contributed by atoms with Gasteiger partial charge in [0.25, 0.3) is 0 Å². The summed E-state index contributed by atoms with van der Waals surface area (Å²) in [7, 11) is 4.07. The number of rotatable bonds is 8. The minimum atomic E-state index is 0.156. The van der Waals surface area contributed by atoms with Crippen molar-refractivity contribution in [3.63, 3.8) is 0 Å². The Bertz CT molecular complexity index is 732. The molecule has 142 valence electrons. The predicted molar refractivity (Wildman–Crippen MR) is 116 cm³/mol. The first kappa shape index (κ1) is 20.3. The van der Waals surface area contributed by atoms with E-state index in [1.165, 1.54) is 4.88 Å². The highest BCUT2D eigenvalue weighted by Crippen LogP contribution is 2.41. The second kappa shape index (κ2) is 9.68. The number of hydrogen-bond donors (Lipinski definition) is 0. The highest BCUT2D eigenvalue weighted by Gasteiger charge is 2.30. The fourth-order valence-electron chi connectivity index (χ4n) is 2.79. The molecule has 0 aromatic carbocycles. The minimum Gasteiger partial charge on any atom is -0.464 e. The molecular weight excluding hydrogens is 452 g/mol. The number of hydrogen-bond acceptors (Lipinski definition) is 6. The van der Waals surface area contributed by atoms with Crippen molar-refractivity contribution in [3.8, 4) is 0 Å². The molecule has 0 N–H and O–H groups in total. The first-order chi connectivity index (χ1) is 12.5. The van der Waals surface area contributed by atoms with Gasteiger partial charge in [-0.3, -0.25) is 4.79 Å². The predicted octanol–water partition coefficient (Wildman–Crippen LogP) is 5.06. The van der Waals surface area contributed by atoms with Gasteiger partial charge in [0.2, 0.25) is 5.91 Å². The molecule has 1 fully saturated rings. The van der Waals surface area contributed by atoms with Crippen LogP contribution in [0.3, 0.4) is 0 Å². The largest absolute Gasteiger partial charge is 0.464 e. The highest BCUT2D eigenvalue weighted by molar-refractivity contribution is 9.11. The van der Waals surface area contributed by atoms with Gasteiger partial charge in [-0.2, -0.15) is 11.8 Å². The standard InChI is InChI=1S/C18H23BrN2O2S3/c1-20(2)11-13-3-4-14(23-13)12-24-10-8-21-17(22)7-9-25-18(21)15-5-6-16(19)26-15/h3-6,18H,7-12H2,1-2H3. The summed E-state index contributed by atoms with van der Waals surface area (Å²) in [6.07, 6.45) is 0.643. The van der Waals surface area contributed by atoms with E-state index in [0.717, 1.165) is 45.7 Å². The molecule has 1 atom stereocenters. The second-order valence-corrected chi connectivity index (χ2v) is 11.1. The molecule has 1 amide bonds. The van der Waals surface area contributed by atoms with Crippen LogP contribution in [0.15, 0.2) is 32.5 Å². The van der Waals surface area contributed by atoms with Gasteiger partial charge < -0.3 is 14.2 Å². The number of carbonyl (C=O) groups is 1. The molecule has 1 saturated heterocycles. The van der Waals surface area contributed by atoms with E-state index in [4.69, 9.17) is 4.42 Å². The summed E-state index contributed by atoms with van der Waals surface area (Å²) >= 11 is 8.94. The lowest BCUT2D eigenvalue weighted by Gasteiger charge is -2.34. The summed E-state index contributed by atoms with van der Waals surface area (Å²) in [5.74, 6) is 4.94. The van der Waals surface area contributed by atoms with Gasteiger partial charge in [-0.1, -0.05) is 0 Å². The number of thioether (sulfide) groups is 2. The molecule has 3 rings (SSSR count). The van der Waals surface area contributed by atoms with Crippen LogP contribution in [0.1, 0.15) is 28.2 Å². The van der Waals surface area contributed by atoms with E-state index < -0.39 is 0 Å². The van der Waals surface area contributed by atoms with Crippen molar-refractivity contribution in [2.45, 2.75) is 24.1 Å². The molecule has 8 heteroatoms. The number of nitrogens with zero attached hydrogens (tertiary/aromatic N) is 2. The highest BCUT2D eigenvalue weighted by atomic mass is 79.9. The molecule has 0 bridgehead atoms. The lowest BCUT2D eigenvalue weighted by molar-refractivity contribution is -0.131. The normalized spacial score (nSPS) is 18.1. The maximum atomic E-state index is 12.4.